The lowest BCUT2D eigenvalue weighted by atomic mass is 10.2. The fraction of sp³-hybridized carbons (Fsp3) is 0. The van der Waals surface area contributed by atoms with Crippen molar-refractivity contribution in [3.63, 3.8) is 0 Å². The van der Waals surface area contributed by atoms with E-state index < -0.39 is 17.0 Å². The molecule has 23 heavy (non-hydrogen) atoms. The summed E-state index contributed by atoms with van der Waals surface area (Å²) < 4.78 is 14.9. The minimum Gasteiger partial charge on any atom is -0.595 e. The average Bonchev–Trinajstić information content (AvgIpc) is 2.93. The maximum atomic E-state index is 13.6. The minimum atomic E-state index is -1.06. The Bertz CT molecular complexity index is 924. The molecule has 0 aliphatic heterocycles. The third-order valence-corrected chi connectivity index (χ3v) is 4.00. The molecule has 1 atom stereocenters. The van der Waals surface area contributed by atoms with Gasteiger partial charge in [-0.1, -0.05) is 23.2 Å². The van der Waals surface area contributed by atoms with E-state index >= 15 is 0 Å². The van der Waals surface area contributed by atoms with Crippen LogP contribution in [0.3, 0.4) is 0 Å². The van der Waals surface area contributed by atoms with Crippen LogP contribution in [0.15, 0.2) is 42.6 Å². The van der Waals surface area contributed by atoms with Gasteiger partial charge in [0.25, 0.3) is 5.91 Å². The second-order valence-electron chi connectivity index (χ2n) is 4.82. The normalized spacial score (nSPS) is 12.6. The summed E-state index contributed by atoms with van der Waals surface area (Å²) in [6, 6.07) is 8.09. The highest BCUT2D eigenvalue weighted by atomic mass is 35.5. The van der Waals surface area contributed by atoms with Gasteiger partial charge in [0.05, 0.1) is 21.1 Å². The molecule has 0 aliphatic rings. The van der Waals surface area contributed by atoms with E-state index in [4.69, 9.17) is 28.4 Å². The Labute approximate surface area is 139 Å². The van der Waals surface area contributed by atoms with Crippen LogP contribution in [0.25, 0.3) is 10.9 Å². The van der Waals surface area contributed by atoms with Gasteiger partial charge in [-0.05, 0) is 24.3 Å². The average molecular weight is 355 g/mol. The number of nitrogens with one attached hydrogen (secondary N) is 1. The van der Waals surface area contributed by atoms with Crippen molar-refractivity contribution in [2.75, 3.05) is 0 Å². The predicted molar refractivity (Wildman–Crippen MR) is 83.9 cm³/mol. The summed E-state index contributed by atoms with van der Waals surface area (Å²) in [6.07, 6.45) is 1.47. The fourth-order valence-electron chi connectivity index (χ4n) is 2.27. The molecule has 0 fully saturated rings. The van der Waals surface area contributed by atoms with Crippen molar-refractivity contribution < 1.29 is 19.6 Å². The maximum Gasteiger partial charge on any atom is 0.263 e. The molecule has 0 saturated carbocycles. The lowest BCUT2D eigenvalue weighted by Gasteiger charge is -2.11. The number of hydrogen-bond acceptors (Lipinski definition) is 3. The summed E-state index contributed by atoms with van der Waals surface area (Å²) in [5, 5.41) is 19.3. The van der Waals surface area contributed by atoms with E-state index in [0.717, 1.165) is 6.07 Å². The molecule has 2 aromatic carbocycles. The van der Waals surface area contributed by atoms with Crippen LogP contribution in [-0.4, -0.2) is 15.7 Å². The first-order chi connectivity index (χ1) is 10.9. The van der Waals surface area contributed by atoms with Gasteiger partial charge in [0, 0.05) is 23.7 Å². The Hall–Kier alpha value is -1.96. The Kier molecular flexibility index (Phi) is 4.09. The molecule has 118 valence electrons. The van der Waals surface area contributed by atoms with Gasteiger partial charge < -0.3 is 5.21 Å². The Morgan fingerprint density at radius 2 is 1.91 bits per heavy atom. The van der Waals surface area contributed by atoms with Crippen molar-refractivity contribution in [1.29, 1.82) is 0 Å². The first-order valence-electron chi connectivity index (χ1n) is 6.42. The summed E-state index contributed by atoms with van der Waals surface area (Å²) >= 11 is 11.6. The number of hydrogen-bond donors (Lipinski definition) is 2. The molecular weight excluding hydrogens is 346 g/mol. The number of nitrogens with zero attached hydrogens (tertiary/aromatic N) is 1. The highest BCUT2D eigenvalue weighted by Crippen LogP contribution is 2.27. The molecule has 1 aromatic heterocycles. The monoisotopic (exact) mass is 354 g/mol. The summed E-state index contributed by atoms with van der Waals surface area (Å²) in [5.41, 5.74) is 0.568. The van der Waals surface area contributed by atoms with Crippen LogP contribution in [0.1, 0.15) is 10.4 Å². The topological polar surface area (TPSA) is 69.7 Å². The van der Waals surface area contributed by atoms with E-state index in [1.807, 2.05) is 0 Å². The number of aromatic nitrogens is 1. The molecule has 5 nitrogen and oxygen atoms in total. The molecule has 0 saturated heterocycles. The first kappa shape index (κ1) is 15.9. The molecule has 1 heterocycles. The second-order valence-corrected chi connectivity index (χ2v) is 5.63. The van der Waals surface area contributed by atoms with Crippen molar-refractivity contribution in [3.8, 4) is 0 Å². The largest absolute Gasteiger partial charge is 0.595 e. The van der Waals surface area contributed by atoms with Crippen LogP contribution in [0.4, 0.5) is 10.1 Å². The molecule has 0 bridgehead atoms. The van der Waals surface area contributed by atoms with Crippen LogP contribution in [0, 0.1) is 11.0 Å². The number of halogens is 3. The fourth-order valence-corrected chi connectivity index (χ4v) is 2.73. The van der Waals surface area contributed by atoms with Gasteiger partial charge in [-0.3, -0.25) is 9.36 Å². The molecule has 0 aliphatic carbocycles. The van der Waals surface area contributed by atoms with Gasteiger partial charge in [-0.2, -0.15) is 5.23 Å². The van der Waals surface area contributed by atoms with Crippen LogP contribution in [0.2, 0.25) is 10.0 Å². The van der Waals surface area contributed by atoms with Gasteiger partial charge in [0.1, 0.15) is 5.82 Å². The van der Waals surface area contributed by atoms with Crippen molar-refractivity contribution in [1.82, 2.24) is 4.57 Å². The minimum absolute atomic E-state index is 0.0328. The zero-order chi connectivity index (χ0) is 16.7. The standard InChI is InChI=1S/C15H9Cl2FN2O3/c16-11-7-12(17)13(18)6-10(11)15(21)19-4-3-8-5-9(20(22)23)1-2-14(8)19/h1-7,20,22H. The van der Waals surface area contributed by atoms with E-state index in [0.29, 0.717) is 10.9 Å². The van der Waals surface area contributed by atoms with Gasteiger partial charge in [-0.25, -0.2) is 9.60 Å². The number of carbonyl (C=O) groups excluding carboxylic acids is 1. The van der Waals surface area contributed by atoms with Gasteiger partial charge in [0.15, 0.2) is 5.69 Å². The van der Waals surface area contributed by atoms with Gasteiger partial charge in [-0.15, -0.1) is 0 Å². The molecule has 0 spiro atoms. The lowest BCUT2D eigenvalue weighted by molar-refractivity contribution is -0.991. The molecule has 1 unspecified atom stereocenters. The van der Waals surface area contributed by atoms with Crippen LogP contribution >= 0.6 is 23.2 Å². The number of rotatable bonds is 2. The van der Waals surface area contributed by atoms with E-state index in [-0.39, 0.29) is 21.3 Å². The molecule has 0 radical (unpaired) electrons. The van der Waals surface area contributed by atoms with Crippen LogP contribution in [0.5, 0.6) is 0 Å². The third kappa shape index (κ3) is 2.83. The Morgan fingerprint density at radius 1 is 1.17 bits per heavy atom. The molecule has 2 N–H and O–H groups in total. The summed E-state index contributed by atoms with van der Waals surface area (Å²) in [4.78, 5) is 12.6. The van der Waals surface area contributed by atoms with E-state index in [9.17, 15) is 14.4 Å². The van der Waals surface area contributed by atoms with E-state index in [1.165, 1.54) is 35.0 Å². The zero-order valence-electron chi connectivity index (χ0n) is 11.4. The van der Waals surface area contributed by atoms with Crippen molar-refractivity contribution in [2.45, 2.75) is 0 Å². The van der Waals surface area contributed by atoms with Crippen molar-refractivity contribution in [2.24, 2.45) is 0 Å². The highest BCUT2D eigenvalue weighted by Gasteiger charge is 2.18. The highest BCUT2D eigenvalue weighted by molar-refractivity contribution is 6.37. The van der Waals surface area contributed by atoms with Crippen molar-refractivity contribution >= 4 is 45.7 Å². The number of fused-ring (bicyclic) bond motifs is 1. The SMILES string of the molecule is O=C(c1cc(F)c(Cl)cc1Cl)n1ccc2cc([NH+]([O-])O)ccc21. The second kappa shape index (κ2) is 5.92. The summed E-state index contributed by atoms with van der Waals surface area (Å²) in [5.74, 6) is -1.28. The van der Waals surface area contributed by atoms with Gasteiger partial charge in [0.2, 0.25) is 0 Å². The quantitative estimate of drug-likeness (QED) is 0.548. The number of carbonyl (C=O) groups is 1. The van der Waals surface area contributed by atoms with Crippen LogP contribution < -0.4 is 5.23 Å². The Morgan fingerprint density at radius 3 is 2.61 bits per heavy atom. The predicted octanol–water partition coefficient (Wildman–Crippen LogP) is 3.18. The lowest BCUT2D eigenvalue weighted by Crippen LogP contribution is -2.99. The van der Waals surface area contributed by atoms with Crippen LogP contribution in [-0.2, 0) is 0 Å². The number of quaternary nitrogens is 1. The molecule has 3 rings (SSSR count). The Balaban J connectivity index is 2.10. The third-order valence-electron chi connectivity index (χ3n) is 3.40. The molecule has 3 aromatic rings. The molecular formula is C15H9Cl2FN2O3. The zero-order valence-corrected chi connectivity index (χ0v) is 12.9. The van der Waals surface area contributed by atoms with E-state index in [1.54, 1.807) is 6.07 Å². The maximum absolute atomic E-state index is 13.6. The molecule has 8 heteroatoms. The first-order valence-corrected chi connectivity index (χ1v) is 7.17. The smallest absolute Gasteiger partial charge is 0.263 e. The summed E-state index contributed by atoms with van der Waals surface area (Å²) in [6.45, 7) is 0. The summed E-state index contributed by atoms with van der Waals surface area (Å²) in [7, 11) is 0. The number of benzene rings is 2. The van der Waals surface area contributed by atoms with E-state index in [2.05, 4.69) is 0 Å². The molecule has 0 amide bonds. The van der Waals surface area contributed by atoms with Gasteiger partial charge >= 0.3 is 0 Å². The van der Waals surface area contributed by atoms with Crippen molar-refractivity contribution in [3.05, 3.63) is 69.2 Å².